The quantitative estimate of drug-likeness (QED) is 0.406. The summed E-state index contributed by atoms with van der Waals surface area (Å²) < 4.78 is 0. The summed E-state index contributed by atoms with van der Waals surface area (Å²) in [5.74, 6) is 0. The minimum Gasteiger partial charge on any atom is -0.258 e. The zero-order chi connectivity index (χ0) is 10.4. The molecule has 0 atom stereocenters. The SMILES string of the molecule is C=NN(C)C=Nc1ccccc1CC. The van der Waals surface area contributed by atoms with E-state index in [2.05, 4.69) is 29.8 Å². The Labute approximate surface area is 84.8 Å². The van der Waals surface area contributed by atoms with Gasteiger partial charge in [0.15, 0.2) is 0 Å². The first-order chi connectivity index (χ1) is 6.77. The summed E-state index contributed by atoms with van der Waals surface area (Å²) in [5.41, 5.74) is 2.23. The van der Waals surface area contributed by atoms with Crippen molar-refractivity contribution in [1.29, 1.82) is 0 Å². The molecular weight excluding hydrogens is 174 g/mol. The van der Waals surface area contributed by atoms with Crippen molar-refractivity contribution in [3.8, 4) is 0 Å². The molecule has 0 N–H and O–H groups in total. The Morgan fingerprint density at radius 3 is 2.79 bits per heavy atom. The number of benzene rings is 1. The van der Waals surface area contributed by atoms with Crippen molar-refractivity contribution in [3.05, 3.63) is 29.8 Å². The van der Waals surface area contributed by atoms with Gasteiger partial charge in [-0.2, -0.15) is 5.10 Å². The molecule has 14 heavy (non-hydrogen) atoms. The maximum atomic E-state index is 4.31. The molecule has 1 aromatic rings. The number of para-hydroxylation sites is 1. The van der Waals surface area contributed by atoms with Crippen LogP contribution >= 0.6 is 0 Å². The molecule has 74 valence electrons. The average molecular weight is 189 g/mol. The van der Waals surface area contributed by atoms with E-state index in [0.717, 1.165) is 12.1 Å². The monoisotopic (exact) mass is 189 g/mol. The molecule has 0 aliphatic heterocycles. The van der Waals surface area contributed by atoms with E-state index in [1.807, 2.05) is 18.2 Å². The Balaban J connectivity index is 2.85. The second kappa shape index (κ2) is 5.17. The Kier molecular flexibility index (Phi) is 3.85. The average Bonchev–Trinajstić information content (AvgIpc) is 2.26. The lowest BCUT2D eigenvalue weighted by molar-refractivity contribution is 0.567. The van der Waals surface area contributed by atoms with Gasteiger partial charge in [-0.15, -0.1) is 0 Å². The highest BCUT2D eigenvalue weighted by atomic mass is 15.4. The van der Waals surface area contributed by atoms with Gasteiger partial charge in [0.1, 0.15) is 6.34 Å². The maximum Gasteiger partial charge on any atom is 0.112 e. The second-order valence-electron chi connectivity index (χ2n) is 2.94. The van der Waals surface area contributed by atoms with Crippen molar-refractivity contribution in [2.75, 3.05) is 7.05 Å². The molecule has 3 heteroatoms. The number of hydrogen-bond donors (Lipinski definition) is 0. The van der Waals surface area contributed by atoms with Gasteiger partial charge in [-0.3, -0.25) is 5.01 Å². The Bertz CT molecular complexity index is 331. The summed E-state index contributed by atoms with van der Waals surface area (Å²) in [6, 6.07) is 8.07. The molecule has 0 spiro atoms. The summed E-state index contributed by atoms with van der Waals surface area (Å²) >= 11 is 0. The number of hydrogen-bond acceptors (Lipinski definition) is 2. The van der Waals surface area contributed by atoms with Crippen LogP contribution in [0.5, 0.6) is 0 Å². The van der Waals surface area contributed by atoms with Crippen LogP contribution in [-0.2, 0) is 6.42 Å². The van der Waals surface area contributed by atoms with Gasteiger partial charge in [-0.25, -0.2) is 4.99 Å². The minimum absolute atomic E-state index is 0.985. The van der Waals surface area contributed by atoms with Crippen LogP contribution in [0.15, 0.2) is 34.4 Å². The molecule has 1 rings (SSSR count). The largest absolute Gasteiger partial charge is 0.258 e. The number of rotatable bonds is 4. The topological polar surface area (TPSA) is 28.0 Å². The lowest BCUT2D eigenvalue weighted by atomic mass is 10.1. The molecule has 0 saturated carbocycles. The van der Waals surface area contributed by atoms with Crippen LogP contribution in [0.4, 0.5) is 5.69 Å². The molecule has 0 aromatic heterocycles. The van der Waals surface area contributed by atoms with Gasteiger partial charge < -0.3 is 0 Å². The second-order valence-corrected chi connectivity index (χ2v) is 2.94. The predicted molar refractivity (Wildman–Crippen MR) is 61.3 cm³/mol. The number of aliphatic imine (C=N–C) groups is 1. The zero-order valence-electron chi connectivity index (χ0n) is 8.64. The van der Waals surface area contributed by atoms with Crippen molar-refractivity contribution < 1.29 is 0 Å². The highest BCUT2D eigenvalue weighted by molar-refractivity contribution is 5.63. The van der Waals surface area contributed by atoms with E-state index in [0.29, 0.717) is 0 Å². The Morgan fingerprint density at radius 1 is 1.43 bits per heavy atom. The lowest BCUT2D eigenvalue weighted by Gasteiger charge is -2.05. The third kappa shape index (κ3) is 2.69. The molecule has 0 heterocycles. The van der Waals surface area contributed by atoms with Gasteiger partial charge in [0.05, 0.1) is 5.69 Å². The van der Waals surface area contributed by atoms with Crippen LogP contribution in [0, 0.1) is 0 Å². The molecule has 0 radical (unpaired) electrons. The fourth-order valence-corrected chi connectivity index (χ4v) is 1.12. The molecule has 0 saturated heterocycles. The van der Waals surface area contributed by atoms with Crippen molar-refractivity contribution >= 4 is 18.7 Å². The predicted octanol–water partition coefficient (Wildman–Crippen LogP) is 2.46. The van der Waals surface area contributed by atoms with E-state index in [-0.39, 0.29) is 0 Å². The molecule has 0 aliphatic carbocycles. The summed E-state index contributed by atoms with van der Waals surface area (Å²) in [6.45, 7) is 5.52. The first kappa shape index (κ1) is 10.4. The van der Waals surface area contributed by atoms with Gasteiger partial charge in [-0.05, 0) is 18.1 Å². The Hall–Kier alpha value is -1.64. The van der Waals surface area contributed by atoms with Gasteiger partial charge in [0, 0.05) is 13.8 Å². The molecule has 0 amide bonds. The summed E-state index contributed by atoms with van der Waals surface area (Å²) in [4.78, 5) is 4.31. The van der Waals surface area contributed by atoms with Crippen LogP contribution in [0.3, 0.4) is 0 Å². The van der Waals surface area contributed by atoms with Crippen molar-refractivity contribution in [1.82, 2.24) is 5.01 Å². The zero-order valence-corrected chi connectivity index (χ0v) is 8.64. The third-order valence-corrected chi connectivity index (χ3v) is 1.96. The molecule has 3 nitrogen and oxygen atoms in total. The molecule has 0 unspecified atom stereocenters. The van der Waals surface area contributed by atoms with E-state index in [1.54, 1.807) is 18.4 Å². The fraction of sp³-hybridized carbons (Fsp3) is 0.273. The molecule has 0 fully saturated rings. The summed E-state index contributed by atoms with van der Waals surface area (Å²) in [5, 5.41) is 5.27. The van der Waals surface area contributed by atoms with E-state index in [9.17, 15) is 0 Å². The van der Waals surface area contributed by atoms with Crippen LogP contribution in [0.1, 0.15) is 12.5 Å². The van der Waals surface area contributed by atoms with Crippen molar-refractivity contribution in [3.63, 3.8) is 0 Å². The van der Waals surface area contributed by atoms with Gasteiger partial charge in [0.25, 0.3) is 0 Å². The van der Waals surface area contributed by atoms with Gasteiger partial charge >= 0.3 is 0 Å². The fourth-order valence-electron chi connectivity index (χ4n) is 1.12. The van der Waals surface area contributed by atoms with Crippen LogP contribution in [-0.4, -0.2) is 25.1 Å². The number of nitrogens with zero attached hydrogens (tertiary/aromatic N) is 3. The molecule has 0 aliphatic rings. The standard InChI is InChI=1S/C11H15N3/c1-4-10-7-5-6-8-11(10)13-9-14(3)12-2/h5-9H,2,4H2,1,3H3. The van der Waals surface area contributed by atoms with Crippen LogP contribution < -0.4 is 0 Å². The normalized spacial score (nSPS) is 10.4. The highest BCUT2D eigenvalue weighted by Gasteiger charge is 1.95. The van der Waals surface area contributed by atoms with Crippen molar-refractivity contribution in [2.45, 2.75) is 13.3 Å². The molecule has 1 aromatic carbocycles. The summed E-state index contributed by atoms with van der Waals surface area (Å²) in [6.07, 6.45) is 2.64. The molecular formula is C11H15N3. The minimum atomic E-state index is 0.985. The maximum absolute atomic E-state index is 4.31. The van der Waals surface area contributed by atoms with E-state index < -0.39 is 0 Å². The number of aryl methyl sites for hydroxylation is 1. The first-order valence-electron chi connectivity index (χ1n) is 4.59. The summed E-state index contributed by atoms with van der Waals surface area (Å²) in [7, 11) is 1.80. The Morgan fingerprint density at radius 2 is 2.14 bits per heavy atom. The lowest BCUT2D eigenvalue weighted by Crippen LogP contribution is -2.05. The van der Waals surface area contributed by atoms with Gasteiger partial charge in [0.2, 0.25) is 0 Å². The van der Waals surface area contributed by atoms with E-state index in [4.69, 9.17) is 0 Å². The van der Waals surface area contributed by atoms with E-state index >= 15 is 0 Å². The van der Waals surface area contributed by atoms with Crippen LogP contribution in [0.25, 0.3) is 0 Å². The highest BCUT2D eigenvalue weighted by Crippen LogP contribution is 2.18. The first-order valence-corrected chi connectivity index (χ1v) is 4.59. The van der Waals surface area contributed by atoms with Gasteiger partial charge in [-0.1, -0.05) is 25.1 Å². The smallest absolute Gasteiger partial charge is 0.112 e. The molecule has 0 bridgehead atoms. The van der Waals surface area contributed by atoms with E-state index in [1.165, 1.54) is 5.56 Å². The number of hydrazone groups is 1. The van der Waals surface area contributed by atoms with Crippen molar-refractivity contribution in [2.24, 2.45) is 10.1 Å². The third-order valence-electron chi connectivity index (χ3n) is 1.96. The van der Waals surface area contributed by atoms with Crippen LogP contribution in [0.2, 0.25) is 0 Å².